The molecule has 2 amide bonds. The predicted molar refractivity (Wildman–Crippen MR) is 119 cm³/mol. The maximum atomic E-state index is 12.9. The summed E-state index contributed by atoms with van der Waals surface area (Å²) in [5, 5.41) is 11.1. The lowest BCUT2D eigenvalue weighted by atomic mass is 10.1. The number of aryl methyl sites for hydroxylation is 2. The van der Waals surface area contributed by atoms with Crippen LogP contribution in [0.4, 0.5) is 0 Å². The standard InChI is InChI=1S/C22H24BrN5O2/c1-13-19-17(12-18(14-7-8-14)26-20(19)28(2)27-13)22(30)25-10-4-9-24-21(29)15-5-3-6-16(23)11-15/h3,5-6,11-12,14H,4,7-10H2,1-2H3,(H,24,29)(H,25,30). The fourth-order valence-electron chi connectivity index (χ4n) is 3.55. The summed E-state index contributed by atoms with van der Waals surface area (Å²) in [6.45, 7) is 2.85. The molecule has 1 fully saturated rings. The highest BCUT2D eigenvalue weighted by atomic mass is 79.9. The largest absolute Gasteiger partial charge is 0.352 e. The molecule has 1 aliphatic carbocycles. The zero-order valence-electron chi connectivity index (χ0n) is 17.0. The van der Waals surface area contributed by atoms with Gasteiger partial charge in [-0.1, -0.05) is 22.0 Å². The Hall–Kier alpha value is -2.74. The van der Waals surface area contributed by atoms with E-state index in [1.807, 2.05) is 32.2 Å². The summed E-state index contributed by atoms with van der Waals surface area (Å²) in [7, 11) is 1.86. The van der Waals surface area contributed by atoms with Gasteiger partial charge in [0.1, 0.15) is 0 Å². The van der Waals surface area contributed by atoms with Gasteiger partial charge < -0.3 is 10.6 Å². The van der Waals surface area contributed by atoms with Crippen molar-refractivity contribution in [3.8, 4) is 0 Å². The van der Waals surface area contributed by atoms with Crippen LogP contribution in [0.2, 0.25) is 0 Å². The van der Waals surface area contributed by atoms with Gasteiger partial charge in [-0.2, -0.15) is 5.10 Å². The smallest absolute Gasteiger partial charge is 0.252 e. The van der Waals surface area contributed by atoms with Crippen molar-refractivity contribution in [3.63, 3.8) is 0 Å². The molecule has 156 valence electrons. The number of hydrogen-bond acceptors (Lipinski definition) is 4. The summed E-state index contributed by atoms with van der Waals surface area (Å²) in [5.41, 5.74) is 3.76. The van der Waals surface area contributed by atoms with Crippen molar-refractivity contribution in [2.45, 2.75) is 32.1 Å². The molecule has 0 bridgehead atoms. The van der Waals surface area contributed by atoms with Crippen molar-refractivity contribution < 1.29 is 9.59 Å². The predicted octanol–water partition coefficient (Wildman–Crippen LogP) is 3.47. The summed E-state index contributed by atoms with van der Waals surface area (Å²) >= 11 is 3.37. The molecule has 2 N–H and O–H groups in total. The monoisotopic (exact) mass is 469 g/mol. The van der Waals surface area contributed by atoms with Crippen molar-refractivity contribution in [2.75, 3.05) is 13.1 Å². The van der Waals surface area contributed by atoms with E-state index < -0.39 is 0 Å². The molecule has 0 aliphatic heterocycles. The molecule has 0 saturated heterocycles. The molecule has 1 aliphatic rings. The minimum absolute atomic E-state index is 0.126. The van der Waals surface area contributed by atoms with Crippen molar-refractivity contribution >= 4 is 38.8 Å². The first-order chi connectivity index (χ1) is 14.4. The van der Waals surface area contributed by atoms with Crippen LogP contribution in [0.3, 0.4) is 0 Å². The quantitative estimate of drug-likeness (QED) is 0.518. The summed E-state index contributed by atoms with van der Waals surface area (Å²) in [6.07, 6.45) is 2.88. The number of aromatic nitrogens is 3. The van der Waals surface area contributed by atoms with E-state index in [0.29, 0.717) is 36.6 Å². The van der Waals surface area contributed by atoms with E-state index in [1.54, 1.807) is 16.8 Å². The number of hydrogen-bond donors (Lipinski definition) is 2. The molecule has 1 aromatic carbocycles. The molecule has 8 heteroatoms. The van der Waals surface area contributed by atoms with E-state index in [9.17, 15) is 9.59 Å². The third-order valence-electron chi connectivity index (χ3n) is 5.24. The van der Waals surface area contributed by atoms with Crippen LogP contribution in [0, 0.1) is 6.92 Å². The van der Waals surface area contributed by atoms with E-state index in [4.69, 9.17) is 4.98 Å². The van der Waals surface area contributed by atoms with Gasteiger partial charge in [-0.25, -0.2) is 4.98 Å². The highest BCUT2D eigenvalue weighted by Crippen LogP contribution is 2.40. The first-order valence-electron chi connectivity index (χ1n) is 10.1. The number of nitrogens with one attached hydrogen (secondary N) is 2. The second-order valence-corrected chi connectivity index (χ2v) is 8.57. The van der Waals surface area contributed by atoms with Crippen LogP contribution in [-0.2, 0) is 7.05 Å². The highest BCUT2D eigenvalue weighted by molar-refractivity contribution is 9.10. The second-order valence-electron chi connectivity index (χ2n) is 7.65. The number of fused-ring (bicyclic) bond motifs is 1. The van der Waals surface area contributed by atoms with E-state index in [1.165, 1.54) is 0 Å². The number of carbonyl (C=O) groups is 2. The minimum Gasteiger partial charge on any atom is -0.352 e. The fourth-order valence-corrected chi connectivity index (χ4v) is 3.95. The Balaban J connectivity index is 1.36. The Labute approximate surface area is 183 Å². The molecule has 1 saturated carbocycles. The number of amides is 2. The van der Waals surface area contributed by atoms with Gasteiger partial charge in [0.05, 0.1) is 16.6 Å². The van der Waals surface area contributed by atoms with Gasteiger partial charge in [-0.05, 0) is 50.5 Å². The zero-order valence-corrected chi connectivity index (χ0v) is 18.6. The summed E-state index contributed by atoms with van der Waals surface area (Å²) in [6, 6.07) is 9.16. The molecule has 0 unspecified atom stereocenters. The topological polar surface area (TPSA) is 88.9 Å². The Morgan fingerprint density at radius 2 is 1.90 bits per heavy atom. The highest BCUT2D eigenvalue weighted by Gasteiger charge is 2.28. The van der Waals surface area contributed by atoms with Gasteiger partial charge in [0, 0.05) is 41.8 Å². The minimum atomic E-state index is -0.126. The SMILES string of the molecule is Cc1nn(C)c2nc(C3CC3)cc(C(=O)NCCCNC(=O)c3cccc(Br)c3)c12. The molecular formula is C22H24BrN5O2. The van der Waals surface area contributed by atoms with Gasteiger partial charge in [0.15, 0.2) is 5.65 Å². The molecule has 4 rings (SSSR count). The van der Waals surface area contributed by atoms with Gasteiger partial charge in [-0.3, -0.25) is 14.3 Å². The molecule has 2 heterocycles. The fraction of sp³-hybridized carbons (Fsp3) is 0.364. The Morgan fingerprint density at radius 3 is 2.60 bits per heavy atom. The molecule has 3 aromatic rings. The summed E-state index contributed by atoms with van der Waals surface area (Å²) < 4.78 is 2.60. The van der Waals surface area contributed by atoms with Crippen LogP contribution in [0.1, 0.15) is 57.3 Å². The van der Waals surface area contributed by atoms with E-state index >= 15 is 0 Å². The van der Waals surface area contributed by atoms with E-state index in [0.717, 1.165) is 39.7 Å². The number of benzene rings is 1. The third-order valence-corrected chi connectivity index (χ3v) is 5.73. The van der Waals surface area contributed by atoms with Gasteiger partial charge in [-0.15, -0.1) is 0 Å². The van der Waals surface area contributed by atoms with Gasteiger partial charge in [0.2, 0.25) is 0 Å². The lowest BCUT2D eigenvalue weighted by molar-refractivity contribution is 0.0952. The molecule has 7 nitrogen and oxygen atoms in total. The summed E-state index contributed by atoms with van der Waals surface area (Å²) in [4.78, 5) is 29.8. The molecule has 30 heavy (non-hydrogen) atoms. The van der Waals surface area contributed by atoms with Crippen LogP contribution in [0.25, 0.3) is 11.0 Å². The van der Waals surface area contributed by atoms with E-state index in [-0.39, 0.29) is 11.8 Å². The molecule has 0 spiro atoms. The number of pyridine rings is 1. The van der Waals surface area contributed by atoms with Gasteiger partial charge >= 0.3 is 0 Å². The average molecular weight is 470 g/mol. The first-order valence-corrected chi connectivity index (χ1v) is 10.9. The number of nitrogens with zero attached hydrogens (tertiary/aromatic N) is 3. The number of carbonyl (C=O) groups excluding carboxylic acids is 2. The van der Waals surface area contributed by atoms with Crippen LogP contribution in [0.5, 0.6) is 0 Å². The van der Waals surface area contributed by atoms with Crippen molar-refractivity contribution in [1.82, 2.24) is 25.4 Å². The molecule has 0 atom stereocenters. The van der Waals surface area contributed by atoms with Crippen LogP contribution in [-0.4, -0.2) is 39.7 Å². The lowest BCUT2D eigenvalue weighted by Crippen LogP contribution is -2.30. The number of rotatable bonds is 7. The van der Waals surface area contributed by atoms with Crippen LogP contribution in [0.15, 0.2) is 34.8 Å². The van der Waals surface area contributed by atoms with Gasteiger partial charge in [0.25, 0.3) is 11.8 Å². The first kappa shape index (κ1) is 20.5. The third kappa shape index (κ3) is 4.38. The zero-order chi connectivity index (χ0) is 21.3. The van der Waals surface area contributed by atoms with Crippen LogP contribution >= 0.6 is 15.9 Å². The second kappa shape index (κ2) is 8.55. The maximum Gasteiger partial charge on any atom is 0.252 e. The summed E-state index contributed by atoms with van der Waals surface area (Å²) in [5.74, 6) is 0.196. The van der Waals surface area contributed by atoms with Crippen molar-refractivity contribution in [3.05, 3.63) is 57.3 Å². The molecular weight excluding hydrogens is 446 g/mol. The molecule has 0 radical (unpaired) electrons. The Bertz CT molecular complexity index is 1120. The average Bonchev–Trinajstić information content (AvgIpc) is 3.53. The van der Waals surface area contributed by atoms with Crippen molar-refractivity contribution in [1.29, 1.82) is 0 Å². The normalized spacial score (nSPS) is 13.4. The Morgan fingerprint density at radius 1 is 1.17 bits per heavy atom. The van der Waals surface area contributed by atoms with Crippen LogP contribution < -0.4 is 10.6 Å². The lowest BCUT2D eigenvalue weighted by Gasteiger charge is -2.10. The molecule has 2 aromatic heterocycles. The Kier molecular flexibility index (Phi) is 5.85. The number of halogens is 1. The maximum absolute atomic E-state index is 12.9. The van der Waals surface area contributed by atoms with E-state index in [2.05, 4.69) is 31.7 Å². The van der Waals surface area contributed by atoms with Crippen molar-refractivity contribution in [2.24, 2.45) is 7.05 Å².